The zero-order chi connectivity index (χ0) is 17.7. The first kappa shape index (κ1) is 17.7. The number of hydrogen-bond donors (Lipinski definition) is 2. The van der Waals surface area contributed by atoms with Gasteiger partial charge in [-0.2, -0.15) is 0 Å². The Balaban J connectivity index is 1.91. The molecule has 0 saturated heterocycles. The van der Waals surface area contributed by atoms with Crippen molar-refractivity contribution in [3.8, 4) is 0 Å². The fraction of sp³-hybridized carbons (Fsp3) is 0.750. The van der Waals surface area contributed by atoms with E-state index in [9.17, 15) is 15.0 Å². The number of carbonyl (C=O) groups is 1. The van der Waals surface area contributed by atoms with Gasteiger partial charge in [-0.25, -0.2) is 4.79 Å². The van der Waals surface area contributed by atoms with Crippen LogP contribution in [0.5, 0.6) is 0 Å². The van der Waals surface area contributed by atoms with Crippen molar-refractivity contribution in [3.63, 3.8) is 0 Å². The van der Waals surface area contributed by atoms with Crippen LogP contribution in [0.3, 0.4) is 0 Å². The van der Waals surface area contributed by atoms with Gasteiger partial charge in [-0.3, -0.25) is 0 Å². The summed E-state index contributed by atoms with van der Waals surface area (Å²) in [5.74, 6) is 0.0840. The molecule has 2 N–H and O–H groups in total. The summed E-state index contributed by atoms with van der Waals surface area (Å²) in [5.41, 5.74) is 1.77. The molecule has 1 fully saturated rings. The minimum Gasteiger partial charge on any atom is -0.458 e. The molecule has 3 aliphatic rings. The molecule has 4 nitrogen and oxygen atoms in total. The molecular weight excluding hydrogens is 304 g/mol. The third kappa shape index (κ3) is 2.46. The Bertz CT molecular complexity index is 592. The topological polar surface area (TPSA) is 66.8 Å². The van der Waals surface area contributed by atoms with Crippen LogP contribution in [-0.4, -0.2) is 35.0 Å². The Morgan fingerprint density at radius 3 is 2.67 bits per heavy atom. The predicted molar refractivity (Wildman–Crippen MR) is 92.1 cm³/mol. The maximum absolute atomic E-state index is 11.3. The number of rotatable bonds is 3. The lowest BCUT2D eigenvalue weighted by Crippen LogP contribution is -2.63. The molecule has 0 amide bonds. The second-order valence-corrected chi connectivity index (χ2v) is 8.44. The van der Waals surface area contributed by atoms with Crippen LogP contribution in [0.2, 0.25) is 0 Å². The maximum atomic E-state index is 11.3. The second-order valence-electron chi connectivity index (χ2n) is 8.44. The summed E-state index contributed by atoms with van der Waals surface area (Å²) in [6.45, 7) is 8.92. The number of aliphatic hydroxyl groups excluding tert-OH is 2. The maximum Gasteiger partial charge on any atom is 0.331 e. The first-order valence-electron chi connectivity index (χ1n) is 9.11. The molecule has 0 aromatic rings. The quantitative estimate of drug-likeness (QED) is 0.615. The van der Waals surface area contributed by atoms with E-state index in [4.69, 9.17) is 4.74 Å². The number of aliphatic hydroxyl groups is 2. The molecule has 3 rings (SSSR count). The fourth-order valence-electron chi connectivity index (χ4n) is 5.44. The Morgan fingerprint density at radius 2 is 2.04 bits per heavy atom. The number of allylic oxidation sites excluding steroid dienone is 1. The van der Waals surface area contributed by atoms with E-state index in [0.29, 0.717) is 12.5 Å². The number of hydrogen-bond acceptors (Lipinski definition) is 4. The van der Waals surface area contributed by atoms with Crippen LogP contribution in [0, 0.1) is 22.7 Å². The summed E-state index contributed by atoms with van der Waals surface area (Å²) < 4.78 is 5.02. The van der Waals surface area contributed by atoms with Crippen molar-refractivity contribution >= 4 is 5.97 Å². The van der Waals surface area contributed by atoms with Gasteiger partial charge in [-0.15, -0.1) is 0 Å². The smallest absolute Gasteiger partial charge is 0.331 e. The summed E-state index contributed by atoms with van der Waals surface area (Å²) >= 11 is 0. The molecular formula is C20H30O4. The Hall–Kier alpha value is -1.13. The zero-order valence-corrected chi connectivity index (χ0v) is 15.2. The molecule has 24 heavy (non-hydrogen) atoms. The van der Waals surface area contributed by atoms with Gasteiger partial charge >= 0.3 is 5.97 Å². The van der Waals surface area contributed by atoms with Gasteiger partial charge in [0.15, 0.2) is 0 Å². The molecule has 1 saturated carbocycles. The molecule has 0 aromatic heterocycles. The van der Waals surface area contributed by atoms with Crippen molar-refractivity contribution in [2.24, 2.45) is 22.7 Å². The Morgan fingerprint density at radius 1 is 1.33 bits per heavy atom. The van der Waals surface area contributed by atoms with E-state index < -0.39 is 12.2 Å². The number of esters is 1. The summed E-state index contributed by atoms with van der Waals surface area (Å²) in [4.78, 5) is 11.3. The van der Waals surface area contributed by atoms with E-state index in [0.717, 1.165) is 31.3 Å². The van der Waals surface area contributed by atoms with Crippen LogP contribution in [0.25, 0.3) is 0 Å². The minimum absolute atomic E-state index is 0.00935. The molecule has 1 aliphatic heterocycles. The van der Waals surface area contributed by atoms with E-state index in [1.807, 2.05) is 0 Å². The normalized spacial score (nSPS) is 45.3. The molecule has 0 unspecified atom stereocenters. The summed E-state index contributed by atoms with van der Waals surface area (Å²) in [6, 6.07) is 0. The molecule has 1 heterocycles. The van der Waals surface area contributed by atoms with Crippen molar-refractivity contribution in [3.05, 3.63) is 23.3 Å². The van der Waals surface area contributed by atoms with Gasteiger partial charge in [0.05, 0.1) is 12.2 Å². The van der Waals surface area contributed by atoms with Crippen LogP contribution in [-0.2, 0) is 9.53 Å². The van der Waals surface area contributed by atoms with Crippen molar-refractivity contribution < 1.29 is 19.7 Å². The molecule has 6 atom stereocenters. The van der Waals surface area contributed by atoms with Crippen molar-refractivity contribution in [2.45, 2.75) is 65.6 Å². The molecule has 0 spiro atoms. The van der Waals surface area contributed by atoms with Gasteiger partial charge in [0.2, 0.25) is 0 Å². The average Bonchev–Trinajstić information content (AvgIpc) is 2.97. The SMILES string of the molecule is CC1=CCC[C@@H]2[C@@](C)(CCC3=CC(=O)OC3)[C@H](C)[C@@H](O)[C@H](O)[C@@]12C. The molecule has 0 bridgehead atoms. The first-order valence-corrected chi connectivity index (χ1v) is 9.11. The van der Waals surface area contributed by atoms with Gasteiger partial charge in [-0.1, -0.05) is 32.4 Å². The number of cyclic esters (lactones) is 1. The number of carbonyl (C=O) groups excluding carboxylic acids is 1. The number of fused-ring (bicyclic) bond motifs is 1. The Kier molecular flexibility index (Phi) is 4.42. The molecule has 134 valence electrons. The third-order valence-electron chi connectivity index (χ3n) is 7.47. The van der Waals surface area contributed by atoms with E-state index in [1.54, 1.807) is 6.08 Å². The largest absolute Gasteiger partial charge is 0.458 e. The highest BCUT2D eigenvalue weighted by molar-refractivity contribution is 5.85. The second kappa shape index (κ2) is 5.99. The van der Waals surface area contributed by atoms with E-state index in [2.05, 4.69) is 33.8 Å². The van der Waals surface area contributed by atoms with Crippen LogP contribution in [0.15, 0.2) is 23.3 Å². The van der Waals surface area contributed by atoms with Crippen LogP contribution < -0.4 is 0 Å². The van der Waals surface area contributed by atoms with Crippen molar-refractivity contribution in [1.29, 1.82) is 0 Å². The molecule has 0 aromatic carbocycles. The molecule has 0 radical (unpaired) electrons. The summed E-state index contributed by atoms with van der Waals surface area (Å²) in [7, 11) is 0. The molecule has 4 heteroatoms. The van der Waals surface area contributed by atoms with Crippen LogP contribution in [0.1, 0.15) is 53.4 Å². The third-order valence-corrected chi connectivity index (χ3v) is 7.47. The monoisotopic (exact) mass is 334 g/mol. The Labute approximate surface area is 144 Å². The predicted octanol–water partition coefficient (Wildman–Crippen LogP) is 2.99. The minimum atomic E-state index is -0.729. The highest BCUT2D eigenvalue weighted by Gasteiger charge is 2.60. The van der Waals surface area contributed by atoms with E-state index >= 15 is 0 Å². The lowest BCUT2D eigenvalue weighted by molar-refractivity contribution is -0.190. The molecule has 2 aliphatic carbocycles. The van der Waals surface area contributed by atoms with E-state index in [1.165, 1.54) is 5.57 Å². The van der Waals surface area contributed by atoms with Gasteiger partial charge in [-0.05, 0) is 55.4 Å². The van der Waals surface area contributed by atoms with Gasteiger partial charge < -0.3 is 14.9 Å². The van der Waals surface area contributed by atoms with Crippen molar-refractivity contribution in [1.82, 2.24) is 0 Å². The highest BCUT2D eigenvalue weighted by Crippen LogP contribution is 2.61. The van der Waals surface area contributed by atoms with Gasteiger partial charge in [0.25, 0.3) is 0 Å². The summed E-state index contributed by atoms with van der Waals surface area (Å²) in [6.07, 6.45) is 6.14. The fourth-order valence-corrected chi connectivity index (χ4v) is 5.44. The zero-order valence-electron chi connectivity index (χ0n) is 15.2. The lowest BCUT2D eigenvalue weighted by atomic mass is 9.45. The number of ether oxygens (including phenoxy) is 1. The highest BCUT2D eigenvalue weighted by atomic mass is 16.5. The van der Waals surface area contributed by atoms with Gasteiger partial charge in [0.1, 0.15) is 6.61 Å². The van der Waals surface area contributed by atoms with Crippen LogP contribution in [0.4, 0.5) is 0 Å². The summed E-state index contributed by atoms with van der Waals surface area (Å²) in [5, 5.41) is 21.6. The average molecular weight is 334 g/mol. The van der Waals surface area contributed by atoms with E-state index in [-0.39, 0.29) is 22.7 Å². The lowest BCUT2D eigenvalue weighted by Gasteiger charge is -2.61. The van der Waals surface area contributed by atoms with Crippen molar-refractivity contribution in [2.75, 3.05) is 6.61 Å². The standard InChI is InChI=1S/C20H30O4/c1-12-6-5-7-15-19(3,9-8-14-10-16(21)24-11-14)13(2)17(22)18(23)20(12,15)4/h6,10,13,15,17-18,22-23H,5,7-9,11H2,1-4H3/t13-,15-,17-,18+,19+,20+/m1/s1. The van der Waals surface area contributed by atoms with Gasteiger partial charge in [0, 0.05) is 11.5 Å². The first-order chi connectivity index (χ1) is 11.2. The van der Waals surface area contributed by atoms with Crippen LogP contribution >= 0.6 is 0 Å².